The van der Waals surface area contributed by atoms with Crippen LogP contribution in [0.1, 0.15) is 7.65 Å². The molecule has 0 saturated carbocycles. The van der Waals surface area contributed by atoms with E-state index in [1.165, 1.54) is 12.3 Å². The number of hydrogen-bond donors (Lipinski definition) is 4. The first-order chi connectivity index (χ1) is 8.04. The van der Waals surface area contributed by atoms with Gasteiger partial charge in [0.2, 0.25) is 0 Å². The largest absolute Gasteiger partial charge is 1.00 e. The predicted octanol–water partition coefficient (Wildman–Crippen LogP) is -5.45. The van der Waals surface area contributed by atoms with Gasteiger partial charge in [-0.3, -0.25) is 4.57 Å². The van der Waals surface area contributed by atoms with Gasteiger partial charge in [-0.15, -0.1) is 0 Å². The molecule has 5 N–H and O–H groups in total. The summed E-state index contributed by atoms with van der Waals surface area (Å²) in [5.41, 5.74) is 4.63. The van der Waals surface area contributed by atoms with Crippen LogP contribution in [-0.2, 0) is 4.74 Å². The van der Waals surface area contributed by atoms with Gasteiger partial charge in [0.25, 0.3) is 0 Å². The van der Waals surface area contributed by atoms with E-state index >= 15 is 0 Å². The average Bonchev–Trinajstić information content (AvgIpc) is 2.57. The number of anilines is 1. The molecule has 4 atom stereocenters. The zero-order valence-electron chi connectivity index (χ0n) is 10.8. The van der Waals surface area contributed by atoms with Gasteiger partial charge >= 0.3 is 35.2 Å². The van der Waals surface area contributed by atoms with Crippen LogP contribution in [0.25, 0.3) is 0 Å². The van der Waals surface area contributed by atoms with Crippen LogP contribution in [0, 0.1) is 0 Å². The maximum absolute atomic E-state index is 11.5. The number of aromatic nitrogens is 2. The van der Waals surface area contributed by atoms with Crippen LogP contribution in [0.2, 0.25) is 0 Å². The number of ether oxygens (including phenoxy) is 1. The van der Waals surface area contributed by atoms with Crippen molar-refractivity contribution in [1.29, 1.82) is 0 Å². The van der Waals surface area contributed by atoms with Gasteiger partial charge in [0, 0.05) is 6.20 Å². The van der Waals surface area contributed by atoms with E-state index in [4.69, 9.17) is 15.6 Å². The van der Waals surface area contributed by atoms with Crippen molar-refractivity contribution < 1.29 is 51.0 Å². The van der Waals surface area contributed by atoms with Gasteiger partial charge in [0.05, 0.1) is 6.61 Å². The van der Waals surface area contributed by atoms with Crippen molar-refractivity contribution in [3.8, 4) is 0 Å². The van der Waals surface area contributed by atoms with Gasteiger partial charge in [0.15, 0.2) is 6.23 Å². The van der Waals surface area contributed by atoms with Crippen molar-refractivity contribution in [1.82, 2.24) is 9.55 Å². The molecule has 1 fully saturated rings. The molecule has 2 rings (SSSR count). The van der Waals surface area contributed by atoms with E-state index < -0.39 is 36.8 Å². The third-order valence-corrected chi connectivity index (χ3v) is 2.64. The van der Waals surface area contributed by atoms with Crippen molar-refractivity contribution in [2.24, 2.45) is 0 Å². The fourth-order valence-electron chi connectivity index (χ4n) is 1.73. The Morgan fingerprint density at radius 2 is 2.17 bits per heavy atom. The van der Waals surface area contributed by atoms with Crippen LogP contribution in [0.15, 0.2) is 17.1 Å². The molecule has 9 heteroatoms. The fourth-order valence-corrected chi connectivity index (χ4v) is 1.73. The Kier molecular flexibility index (Phi) is 5.29. The molecule has 0 radical (unpaired) electrons. The molecule has 1 aromatic rings. The standard InChI is InChI=1S/C9H13N3O5.Na.H/c10-5-1-2-12(9(16)11-5)8-7(15)6(14)4(3-13)17-8;;/h1-2,4,6-8,13-15H,3H2,(H2,10,11,16);;/q;+1;-1/t4-,6-,7-,8-;;/m1../s1. The third kappa shape index (κ3) is 2.75. The number of aliphatic hydroxyl groups excluding tert-OH is 3. The summed E-state index contributed by atoms with van der Waals surface area (Å²) in [4.78, 5) is 15.0. The molecule has 0 bridgehead atoms. The fraction of sp³-hybridized carbons (Fsp3) is 0.556. The summed E-state index contributed by atoms with van der Waals surface area (Å²) < 4.78 is 6.19. The minimum Gasteiger partial charge on any atom is -1.00 e. The normalized spacial score (nSPS) is 31.1. The van der Waals surface area contributed by atoms with Gasteiger partial charge < -0.3 is 27.2 Å². The predicted molar refractivity (Wildman–Crippen MR) is 57.0 cm³/mol. The molecule has 1 aliphatic rings. The van der Waals surface area contributed by atoms with Gasteiger partial charge in [-0.1, -0.05) is 0 Å². The molecule has 0 aliphatic carbocycles. The van der Waals surface area contributed by atoms with E-state index in [0.717, 1.165) is 4.57 Å². The van der Waals surface area contributed by atoms with Gasteiger partial charge in [0.1, 0.15) is 24.1 Å². The number of hydrogen-bond acceptors (Lipinski definition) is 7. The second-order valence-electron chi connectivity index (χ2n) is 3.77. The van der Waals surface area contributed by atoms with Crippen molar-refractivity contribution in [3.63, 3.8) is 0 Å². The topological polar surface area (TPSA) is 131 Å². The first kappa shape index (κ1) is 15.6. The Balaban J connectivity index is 0.00000162. The smallest absolute Gasteiger partial charge is 1.00 e. The Bertz CT molecular complexity index is 473. The van der Waals surface area contributed by atoms with E-state index in [9.17, 15) is 15.0 Å². The van der Waals surface area contributed by atoms with Gasteiger partial charge in [-0.25, -0.2) is 4.79 Å². The number of nitrogen functional groups attached to an aromatic ring is 1. The van der Waals surface area contributed by atoms with Crippen molar-refractivity contribution in [2.75, 3.05) is 12.3 Å². The monoisotopic (exact) mass is 267 g/mol. The van der Waals surface area contributed by atoms with Crippen LogP contribution in [0.5, 0.6) is 0 Å². The van der Waals surface area contributed by atoms with Gasteiger partial charge in [-0.05, 0) is 6.07 Å². The molecule has 2 heterocycles. The second kappa shape index (κ2) is 6.11. The van der Waals surface area contributed by atoms with E-state index in [2.05, 4.69) is 4.98 Å². The third-order valence-electron chi connectivity index (χ3n) is 2.64. The zero-order valence-corrected chi connectivity index (χ0v) is 11.8. The Morgan fingerprint density at radius 1 is 1.50 bits per heavy atom. The summed E-state index contributed by atoms with van der Waals surface area (Å²) in [6, 6.07) is 1.37. The second-order valence-corrected chi connectivity index (χ2v) is 3.77. The molecule has 0 spiro atoms. The summed E-state index contributed by atoms with van der Waals surface area (Å²) in [6.07, 6.45) is -3.27. The van der Waals surface area contributed by atoms with E-state index in [-0.39, 0.29) is 36.8 Å². The van der Waals surface area contributed by atoms with E-state index in [0.29, 0.717) is 0 Å². The summed E-state index contributed by atoms with van der Waals surface area (Å²) in [7, 11) is 0. The van der Waals surface area contributed by atoms with Crippen LogP contribution in [0.4, 0.5) is 5.82 Å². The molecule has 0 unspecified atom stereocenters. The van der Waals surface area contributed by atoms with Crippen molar-refractivity contribution >= 4 is 5.82 Å². The minimum atomic E-state index is -1.31. The number of aliphatic hydroxyl groups is 3. The zero-order chi connectivity index (χ0) is 12.6. The van der Waals surface area contributed by atoms with Crippen LogP contribution < -0.4 is 41.0 Å². The molecule has 0 aromatic carbocycles. The molecule has 1 aromatic heterocycles. The molecule has 1 saturated heterocycles. The first-order valence-electron chi connectivity index (χ1n) is 5.01. The quantitative estimate of drug-likeness (QED) is 0.393. The van der Waals surface area contributed by atoms with Crippen molar-refractivity contribution in [3.05, 3.63) is 22.7 Å². The van der Waals surface area contributed by atoms with E-state index in [1.54, 1.807) is 0 Å². The minimum absolute atomic E-state index is 0. The molecule has 8 nitrogen and oxygen atoms in total. The molecule has 96 valence electrons. The molecule has 1 aliphatic heterocycles. The Labute approximate surface area is 126 Å². The van der Waals surface area contributed by atoms with E-state index in [1.807, 2.05) is 0 Å². The molecular weight excluding hydrogens is 253 g/mol. The summed E-state index contributed by atoms with van der Waals surface area (Å²) in [6.45, 7) is -0.453. The van der Waals surface area contributed by atoms with Crippen LogP contribution in [0.3, 0.4) is 0 Å². The maximum Gasteiger partial charge on any atom is 1.00 e. The van der Waals surface area contributed by atoms with Gasteiger partial charge in [-0.2, -0.15) is 4.98 Å². The van der Waals surface area contributed by atoms with Crippen molar-refractivity contribution in [2.45, 2.75) is 24.5 Å². The molecule has 0 amide bonds. The van der Waals surface area contributed by atoms with Crippen LogP contribution >= 0.6 is 0 Å². The maximum atomic E-state index is 11.5. The number of nitrogens with zero attached hydrogens (tertiary/aromatic N) is 2. The average molecular weight is 267 g/mol. The Morgan fingerprint density at radius 3 is 2.67 bits per heavy atom. The number of nitrogens with two attached hydrogens (primary N) is 1. The molecule has 18 heavy (non-hydrogen) atoms. The summed E-state index contributed by atoms with van der Waals surface area (Å²) in [5, 5.41) is 28.2. The SMILES string of the molecule is Nc1ccn([C@@H]2O[C@H](CO)[C@@H](O)[C@H]2O)c(=O)n1.[H-].[Na+]. The summed E-state index contributed by atoms with van der Waals surface area (Å²) in [5.74, 6) is 0.0537. The number of rotatable bonds is 2. The summed E-state index contributed by atoms with van der Waals surface area (Å²) >= 11 is 0. The first-order valence-corrected chi connectivity index (χ1v) is 5.01. The Hall–Kier alpha value is -0.480. The van der Waals surface area contributed by atoms with Crippen LogP contribution in [-0.4, -0.2) is 49.8 Å². The molecular formula is C9H14N3NaO5.